The molecule has 0 atom stereocenters. The fourth-order valence-corrected chi connectivity index (χ4v) is 1.46. The normalized spacial score (nSPS) is 10.1. The summed E-state index contributed by atoms with van der Waals surface area (Å²) in [4.78, 5) is 11.5. The van der Waals surface area contributed by atoms with Crippen LogP contribution in [0.2, 0.25) is 0 Å². The lowest BCUT2D eigenvalue weighted by Crippen LogP contribution is -2.30. The number of nitriles is 1. The van der Waals surface area contributed by atoms with Gasteiger partial charge >= 0.3 is 0 Å². The zero-order valence-corrected chi connectivity index (χ0v) is 10.9. The maximum atomic E-state index is 11.5. The van der Waals surface area contributed by atoms with Crippen LogP contribution in [0.25, 0.3) is 0 Å². The minimum absolute atomic E-state index is 0.0347. The summed E-state index contributed by atoms with van der Waals surface area (Å²) in [6.45, 7) is 5.30. The molecule has 0 aliphatic rings. The van der Waals surface area contributed by atoms with Gasteiger partial charge in [-0.15, -0.1) is 0 Å². The van der Waals surface area contributed by atoms with Crippen molar-refractivity contribution in [1.29, 1.82) is 5.26 Å². The van der Waals surface area contributed by atoms with E-state index in [1.807, 2.05) is 12.1 Å². The fraction of sp³-hybridized carbons (Fsp3) is 0.429. The smallest absolute Gasteiger partial charge is 0.221 e. The lowest BCUT2D eigenvalue weighted by Gasteiger charge is -2.08. The molecule has 18 heavy (non-hydrogen) atoms. The predicted octanol–water partition coefficient (Wildman–Crippen LogP) is 1.56. The van der Waals surface area contributed by atoms with Crippen molar-refractivity contribution < 1.29 is 4.79 Å². The van der Waals surface area contributed by atoms with Gasteiger partial charge in [-0.1, -0.05) is 26.0 Å². The molecule has 96 valence electrons. The molecule has 1 amide bonds. The number of nitrogens with one attached hydrogen (secondary N) is 2. The monoisotopic (exact) mass is 245 g/mol. The van der Waals surface area contributed by atoms with Gasteiger partial charge < -0.3 is 10.6 Å². The molecule has 0 spiro atoms. The van der Waals surface area contributed by atoms with Crippen molar-refractivity contribution in [3.05, 3.63) is 35.4 Å². The van der Waals surface area contributed by atoms with Crippen molar-refractivity contribution in [1.82, 2.24) is 10.6 Å². The van der Waals surface area contributed by atoms with Crippen molar-refractivity contribution in [3.8, 4) is 6.07 Å². The molecule has 1 aromatic carbocycles. The van der Waals surface area contributed by atoms with E-state index >= 15 is 0 Å². The van der Waals surface area contributed by atoms with Gasteiger partial charge in [-0.25, -0.2) is 0 Å². The molecule has 0 fully saturated rings. The molecule has 1 aromatic rings. The second kappa shape index (κ2) is 7.46. The molecule has 0 saturated carbocycles. The standard InChI is InChI=1S/C14H19N3O/c1-11(2)16-8-7-14(18)17-10-13-5-3-12(9-15)4-6-13/h3-6,11,16H,7-8,10H2,1-2H3,(H,17,18). The Labute approximate surface area is 108 Å². The molecule has 0 aliphatic heterocycles. The van der Waals surface area contributed by atoms with E-state index in [9.17, 15) is 4.79 Å². The van der Waals surface area contributed by atoms with E-state index in [4.69, 9.17) is 5.26 Å². The lowest BCUT2D eigenvalue weighted by atomic mass is 10.1. The minimum Gasteiger partial charge on any atom is -0.352 e. The summed E-state index contributed by atoms with van der Waals surface area (Å²) < 4.78 is 0. The SMILES string of the molecule is CC(C)NCCC(=O)NCc1ccc(C#N)cc1. The van der Waals surface area contributed by atoms with Crippen molar-refractivity contribution in [3.63, 3.8) is 0 Å². The molecule has 0 aliphatic carbocycles. The van der Waals surface area contributed by atoms with Crippen LogP contribution in [-0.2, 0) is 11.3 Å². The Bertz CT molecular complexity index is 418. The average Bonchev–Trinajstić information content (AvgIpc) is 2.36. The fourth-order valence-electron chi connectivity index (χ4n) is 1.46. The topological polar surface area (TPSA) is 64.9 Å². The summed E-state index contributed by atoms with van der Waals surface area (Å²) in [7, 11) is 0. The Hall–Kier alpha value is -1.86. The molecule has 0 saturated heterocycles. The van der Waals surface area contributed by atoms with E-state index < -0.39 is 0 Å². The van der Waals surface area contributed by atoms with E-state index in [0.29, 0.717) is 31.1 Å². The van der Waals surface area contributed by atoms with Crippen LogP contribution in [0.1, 0.15) is 31.4 Å². The van der Waals surface area contributed by atoms with Gasteiger partial charge in [-0.05, 0) is 17.7 Å². The molecule has 0 heterocycles. The van der Waals surface area contributed by atoms with Gasteiger partial charge in [0.1, 0.15) is 0 Å². The van der Waals surface area contributed by atoms with Gasteiger partial charge in [0.2, 0.25) is 5.91 Å². The number of hydrogen-bond donors (Lipinski definition) is 2. The Morgan fingerprint density at radius 2 is 2.00 bits per heavy atom. The van der Waals surface area contributed by atoms with E-state index in [1.165, 1.54) is 0 Å². The number of hydrogen-bond acceptors (Lipinski definition) is 3. The van der Waals surface area contributed by atoms with Crippen LogP contribution >= 0.6 is 0 Å². The summed E-state index contributed by atoms with van der Waals surface area (Å²) in [5, 5.41) is 14.7. The van der Waals surface area contributed by atoms with E-state index in [2.05, 4.69) is 30.6 Å². The number of carbonyl (C=O) groups is 1. The van der Waals surface area contributed by atoms with Crippen molar-refractivity contribution in [2.45, 2.75) is 32.9 Å². The highest BCUT2D eigenvalue weighted by molar-refractivity contribution is 5.76. The number of carbonyl (C=O) groups excluding carboxylic acids is 1. The molecular formula is C14H19N3O. The van der Waals surface area contributed by atoms with Crippen LogP contribution < -0.4 is 10.6 Å². The van der Waals surface area contributed by atoms with Crippen molar-refractivity contribution >= 4 is 5.91 Å². The molecule has 0 bridgehead atoms. The van der Waals surface area contributed by atoms with Gasteiger partial charge in [0.25, 0.3) is 0 Å². The van der Waals surface area contributed by atoms with Crippen molar-refractivity contribution in [2.75, 3.05) is 6.54 Å². The number of amides is 1. The van der Waals surface area contributed by atoms with E-state index in [0.717, 1.165) is 5.56 Å². The molecule has 1 rings (SSSR count). The second-order valence-electron chi connectivity index (χ2n) is 4.44. The first-order valence-corrected chi connectivity index (χ1v) is 6.11. The zero-order valence-electron chi connectivity index (χ0n) is 10.9. The Balaban J connectivity index is 2.27. The Morgan fingerprint density at radius 3 is 2.56 bits per heavy atom. The van der Waals surface area contributed by atoms with Gasteiger partial charge in [0, 0.05) is 25.6 Å². The third-order valence-electron chi connectivity index (χ3n) is 2.48. The summed E-state index contributed by atoms with van der Waals surface area (Å²) in [5.41, 5.74) is 1.63. The zero-order chi connectivity index (χ0) is 13.4. The molecule has 0 radical (unpaired) electrons. The number of rotatable bonds is 6. The van der Waals surface area contributed by atoms with Crippen molar-refractivity contribution in [2.24, 2.45) is 0 Å². The summed E-state index contributed by atoms with van der Waals surface area (Å²) in [5.74, 6) is 0.0347. The third-order valence-corrected chi connectivity index (χ3v) is 2.48. The van der Waals surface area contributed by atoms with Crippen LogP contribution in [0.15, 0.2) is 24.3 Å². The van der Waals surface area contributed by atoms with Crippen LogP contribution in [0.5, 0.6) is 0 Å². The first kappa shape index (κ1) is 14.2. The number of benzene rings is 1. The van der Waals surface area contributed by atoms with Crippen LogP contribution in [-0.4, -0.2) is 18.5 Å². The lowest BCUT2D eigenvalue weighted by molar-refractivity contribution is -0.121. The molecule has 4 heteroatoms. The van der Waals surface area contributed by atoms with Crippen LogP contribution in [0.3, 0.4) is 0 Å². The van der Waals surface area contributed by atoms with E-state index in [-0.39, 0.29) is 5.91 Å². The highest BCUT2D eigenvalue weighted by atomic mass is 16.1. The first-order chi connectivity index (χ1) is 8.61. The second-order valence-corrected chi connectivity index (χ2v) is 4.44. The molecule has 0 unspecified atom stereocenters. The highest BCUT2D eigenvalue weighted by Gasteiger charge is 2.01. The maximum absolute atomic E-state index is 11.5. The van der Waals surface area contributed by atoms with Gasteiger partial charge in [-0.3, -0.25) is 4.79 Å². The van der Waals surface area contributed by atoms with Gasteiger partial charge in [-0.2, -0.15) is 5.26 Å². The summed E-state index contributed by atoms with van der Waals surface area (Å²) in [6.07, 6.45) is 0.481. The predicted molar refractivity (Wildman–Crippen MR) is 70.8 cm³/mol. The Kier molecular flexibility index (Phi) is 5.89. The van der Waals surface area contributed by atoms with Gasteiger partial charge in [0.15, 0.2) is 0 Å². The molecule has 4 nitrogen and oxygen atoms in total. The van der Waals surface area contributed by atoms with E-state index in [1.54, 1.807) is 12.1 Å². The minimum atomic E-state index is 0.0347. The summed E-state index contributed by atoms with van der Waals surface area (Å²) >= 11 is 0. The first-order valence-electron chi connectivity index (χ1n) is 6.11. The highest BCUT2D eigenvalue weighted by Crippen LogP contribution is 2.02. The quantitative estimate of drug-likeness (QED) is 0.799. The summed E-state index contributed by atoms with van der Waals surface area (Å²) in [6, 6.07) is 9.67. The largest absolute Gasteiger partial charge is 0.352 e. The molecule has 0 aromatic heterocycles. The third kappa shape index (κ3) is 5.46. The molecular weight excluding hydrogens is 226 g/mol. The van der Waals surface area contributed by atoms with Crippen LogP contribution in [0, 0.1) is 11.3 Å². The van der Waals surface area contributed by atoms with Gasteiger partial charge in [0.05, 0.1) is 11.6 Å². The average molecular weight is 245 g/mol. The Morgan fingerprint density at radius 1 is 1.33 bits per heavy atom. The maximum Gasteiger partial charge on any atom is 0.221 e. The van der Waals surface area contributed by atoms with Crippen LogP contribution in [0.4, 0.5) is 0 Å². The molecule has 2 N–H and O–H groups in total. The number of nitrogens with zero attached hydrogens (tertiary/aromatic N) is 1.